The molecule has 0 aromatic heterocycles. The molecule has 0 saturated heterocycles. The molecule has 0 spiro atoms. The minimum Gasteiger partial charge on any atom is 0 e. The topological polar surface area (TPSA) is 56.9 Å². The van der Waals surface area contributed by atoms with Crippen LogP contribution in [-0.4, -0.2) is 6.29 Å². The third-order valence-corrected chi connectivity index (χ3v) is 2.81. The van der Waals surface area contributed by atoms with Gasteiger partial charge in [0, 0.05) is 23.1 Å². The molecule has 0 bridgehead atoms. The summed E-state index contributed by atoms with van der Waals surface area (Å²) in [4.78, 5) is 9.87. The van der Waals surface area contributed by atoms with Crippen molar-refractivity contribution >= 4 is 6.29 Å². The van der Waals surface area contributed by atoms with Gasteiger partial charge >= 0.3 is 22.6 Å². The molecule has 6 radical (unpaired) electrons. The third kappa shape index (κ3) is 33.0. The van der Waals surface area contributed by atoms with Gasteiger partial charge in [0.05, 0.1) is 0 Å². The molecule has 0 aromatic rings. The Morgan fingerprint density at radius 1 is 1.00 bits per heavy atom. The Bertz CT molecular complexity index is 316. The van der Waals surface area contributed by atoms with Crippen LogP contribution in [0.25, 0.3) is 0 Å². The fourth-order valence-electron chi connectivity index (χ4n) is 1.69. The number of hydrogen-bond acceptors (Lipinski definition) is 1. The number of carbonyl (C=O) groups is 1. The quantitative estimate of drug-likeness (QED) is 0.113. The van der Waals surface area contributed by atoms with Crippen molar-refractivity contribution in [3.8, 4) is 0 Å². The van der Waals surface area contributed by atoms with Crippen molar-refractivity contribution in [3.63, 3.8) is 0 Å². The summed E-state index contributed by atoms with van der Waals surface area (Å²) >= 11 is 0. The molecule has 0 heterocycles. The largest absolute Gasteiger partial charge is 0 e. The van der Waals surface area contributed by atoms with Gasteiger partial charge in [0.2, 0.25) is 0 Å². The van der Waals surface area contributed by atoms with Gasteiger partial charge in [-0.05, 0) is 50.5 Å². The van der Waals surface area contributed by atoms with E-state index in [9.17, 15) is 4.79 Å². The second kappa shape index (κ2) is 33.7. The Balaban J connectivity index is -0.000000152. The van der Waals surface area contributed by atoms with Gasteiger partial charge in [-0.2, -0.15) is 0 Å². The van der Waals surface area contributed by atoms with Gasteiger partial charge < -0.3 is 0 Å². The standard InChI is InChI=1S/C12H20O.C6H7.2CO.Mn/c1-2-3-4-5-6-7-8-9-10-11-12-13;1-6-4-2-3-5-6;2*1-2;/h9,11-12H,2-8H2,1H3;2-5H,1H3;;;. The SMILES string of the molecule is CCCCCCCCC=C=CC=O.C[C]1[CH][CH][CH][CH]1.[C-]#[O+].[C-]#[O+].[Mn]. The van der Waals surface area contributed by atoms with Gasteiger partial charge in [0.1, 0.15) is 0 Å². The molecular formula is C20H27MnO3. The average Bonchev–Trinajstić information content (AvgIpc) is 3.09. The minimum atomic E-state index is 0. The van der Waals surface area contributed by atoms with E-state index < -0.39 is 0 Å². The molecule has 0 atom stereocenters. The molecule has 1 fully saturated rings. The molecule has 0 unspecified atom stereocenters. The van der Waals surface area contributed by atoms with Crippen LogP contribution in [0.2, 0.25) is 0 Å². The normalized spacial score (nSPS) is 11.4. The van der Waals surface area contributed by atoms with Gasteiger partial charge in [-0.25, -0.2) is 0 Å². The van der Waals surface area contributed by atoms with Crippen LogP contribution >= 0.6 is 0 Å². The van der Waals surface area contributed by atoms with Crippen LogP contribution in [0.5, 0.6) is 0 Å². The van der Waals surface area contributed by atoms with Crippen molar-refractivity contribution < 1.29 is 31.2 Å². The molecule has 24 heavy (non-hydrogen) atoms. The van der Waals surface area contributed by atoms with Crippen LogP contribution in [0.4, 0.5) is 0 Å². The molecule has 0 N–H and O–H groups in total. The van der Waals surface area contributed by atoms with Crippen molar-refractivity contribution in [3.05, 3.63) is 62.8 Å². The fourth-order valence-corrected chi connectivity index (χ4v) is 1.69. The molecule has 4 heteroatoms. The Kier molecular flexibility index (Phi) is 43.6. The molecule has 0 amide bonds. The summed E-state index contributed by atoms with van der Waals surface area (Å²) in [7, 11) is 0. The molecule has 1 saturated carbocycles. The number of rotatable bonds is 8. The Morgan fingerprint density at radius 3 is 1.92 bits per heavy atom. The number of aldehydes is 1. The van der Waals surface area contributed by atoms with Crippen LogP contribution in [-0.2, 0) is 31.2 Å². The smallest absolute Gasteiger partial charge is 0 e. The maximum absolute atomic E-state index is 9.87. The summed E-state index contributed by atoms with van der Waals surface area (Å²) in [6.07, 6.45) is 21.3. The zero-order chi connectivity index (χ0) is 18.2. The second-order valence-electron chi connectivity index (χ2n) is 4.69. The first-order chi connectivity index (χ1) is 11.3. The fraction of sp³-hybridized carbons (Fsp3) is 0.450. The van der Waals surface area contributed by atoms with Crippen molar-refractivity contribution in [2.45, 2.75) is 58.8 Å². The van der Waals surface area contributed by atoms with E-state index in [0.29, 0.717) is 0 Å². The van der Waals surface area contributed by atoms with Crippen LogP contribution in [0.1, 0.15) is 58.8 Å². The summed E-state index contributed by atoms with van der Waals surface area (Å²) in [5, 5.41) is 0. The minimum absolute atomic E-state index is 0. The molecular weight excluding hydrogens is 343 g/mol. The van der Waals surface area contributed by atoms with Gasteiger partial charge in [0.25, 0.3) is 0 Å². The van der Waals surface area contributed by atoms with Crippen LogP contribution in [0, 0.1) is 44.9 Å². The summed E-state index contributed by atoms with van der Waals surface area (Å²) < 4.78 is 15.0. The van der Waals surface area contributed by atoms with E-state index in [2.05, 4.69) is 45.7 Å². The zero-order valence-corrected chi connectivity index (χ0v) is 15.8. The molecule has 0 aromatic carbocycles. The van der Waals surface area contributed by atoms with Gasteiger partial charge in [0.15, 0.2) is 6.29 Å². The molecule has 0 aliphatic heterocycles. The van der Waals surface area contributed by atoms with Crippen LogP contribution in [0.3, 0.4) is 0 Å². The van der Waals surface area contributed by atoms with Gasteiger partial charge in [-0.1, -0.05) is 46.0 Å². The van der Waals surface area contributed by atoms with Crippen LogP contribution in [0.15, 0.2) is 17.9 Å². The molecule has 3 nitrogen and oxygen atoms in total. The second-order valence-corrected chi connectivity index (χ2v) is 4.69. The Morgan fingerprint density at radius 2 is 1.50 bits per heavy atom. The third-order valence-electron chi connectivity index (χ3n) is 2.81. The van der Waals surface area contributed by atoms with Gasteiger partial charge in [-0.3, -0.25) is 4.79 Å². The van der Waals surface area contributed by atoms with E-state index in [1.807, 2.05) is 18.9 Å². The van der Waals surface area contributed by atoms with Crippen molar-refractivity contribution in [1.82, 2.24) is 0 Å². The monoisotopic (exact) mass is 370 g/mol. The Hall–Kier alpha value is -0.811. The summed E-state index contributed by atoms with van der Waals surface area (Å²) in [5.74, 6) is 1.34. The van der Waals surface area contributed by atoms with E-state index >= 15 is 0 Å². The van der Waals surface area contributed by atoms with Crippen molar-refractivity contribution in [2.24, 2.45) is 0 Å². The van der Waals surface area contributed by atoms with Crippen molar-refractivity contribution in [1.29, 1.82) is 0 Å². The first kappa shape index (κ1) is 31.0. The number of allylic oxidation sites excluding steroid dienone is 1. The van der Waals surface area contributed by atoms with E-state index in [-0.39, 0.29) is 17.1 Å². The maximum atomic E-state index is 9.87. The predicted octanol–water partition coefficient (Wildman–Crippen LogP) is 4.98. The van der Waals surface area contributed by atoms with E-state index in [1.165, 1.54) is 50.5 Å². The number of carbonyl (C=O) groups excluding carboxylic acids is 1. The molecule has 1 aliphatic carbocycles. The molecule has 1 rings (SSSR count). The summed E-state index contributed by atoms with van der Waals surface area (Å²) in [5.41, 5.74) is 2.82. The molecule has 132 valence electrons. The van der Waals surface area contributed by atoms with Crippen molar-refractivity contribution in [2.75, 3.05) is 0 Å². The van der Waals surface area contributed by atoms with E-state index in [4.69, 9.17) is 9.30 Å². The first-order valence-corrected chi connectivity index (χ1v) is 7.75. The summed E-state index contributed by atoms with van der Waals surface area (Å²) in [6.45, 7) is 13.3. The number of unbranched alkanes of at least 4 members (excludes halogenated alkanes) is 6. The predicted molar refractivity (Wildman–Crippen MR) is 90.7 cm³/mol. The Labute approximate surface area is 159 Å². The number of hydrogen-bond donors (Lipinski definition) is 0. The summed E-state index contributed by atoms with van der Waals surface area (Å²) in [6, 6.07) is 0. The molecule has 1 aliphatic rings. The first-order valence-electron chi connectivity index (χ1n) is 7.75. The van der Waals surface area contributed by atoms with E-state index in [0.717, 1.165) is 12.7 Å². The van der Waals surface area contributed by atoms with E-state index in [1.54, 1.807) is 0 Å². The van der Waals surface area contributed by atoms with Gasteiger partial charge in [-0.15, -0.1) is 5.73 Å². The zero-order valence-electron chi connectivity index (χ0n) is 14.6. The maximum Gasteiger partial charge on any atom is 0 e. The van der Waals surface area contributed by atoms with Crippen LogP contribution < -0.4 is 0 Å². The average molecular weight is 370 g/mol.